The van der Waals surface area contributed by atoms with E-state index in [1.165, 1.54) is 6.92 Å². The number of ether oxygens (including phenoxy) is 1. The number of esters is 1. The molecule has 0 saturated carbocycles. The molecule has 1 atom stereocenters. The number of nitrogens with zero attached hydrogens (tertiary/aromatic N) is 1. The Morgan fingerprint density at radius 2 is 2.10 bits per heavy atom. The van der Waals surface area contributed by atoms with Crippen molar-refractivity contribution in [3.8, 4) is 0 Å². The molecule has 1 aromatic heterocycles. The molecule has 0 aliphatic rings. The van der Waals surface area contributed by atoms with Crippen LogP contribution >= 0.6 is 11.8 Å². The molecule has 7 nitrogen and oxygen atoms in total. The lowest BCUT2D eigenvalue weighted by molar-refractivity contribution is -0.304. The van der Waals surface area contributed by atoms with E-state index in [0.29, 0.717) is 5.69 Å². The molecule has 8 heteroatoms. The second-order valence-corrected chi connectivity index (χ2v) is 5.09. The molecule has 1 rings (SSSR count). The molecule has 0 fully saturated rings. The van der Waals surface area contributed by atoms with E-state index in [1.807, 2.05) is 0 Å². The first kappa shape index (κ1) is 16.2. The lowest BCUT2D eigenvalue weighted by Crippen LogP contribution is -2.33. The van der Waals surface area contributed by atoms with Crippen LogP contribution in [0.4, 0.5) is 0 Å². The number of thioether (sulfide) groups is 1. The monoisotopic (exact) mass is 299 g/mol. The topological polar surface area (TPSA) is 112 Å². The number of carbonyl (C=O) groups excluding carboxylic acids is 2. The van der Waals surface area contributed by atoms with Gasteiger partial charge in [-0.1, -0.05) is 18.7 Å². The van der Waals surface area contributed by atoms with Gasteiger partial charge in [0.1, 0.15) is 10.6 Å². The summed E-state index contributed by atoms with van der Waals surface area (Å²) >= 11 is 0.812. The summed E-state index contributed by atoms with van der Waals surface area (Å²) in [5, 5.41) is 10.1. The van der Waals surface area contributed by atoms with Gasteiger partial charge in [-0.2, -0.15) is 4.98 Å². The molecular formula is C12H15N2O5S-. The van der Waals surface area contributed by atoms with Gasteiger partial charge in [0.2, 0.25) is 0 Å². The van der Waals surface area contributed by atoms with Gasteiger partial charge in [-0.25, -0.2) is 9.59 Å². The summed E-state index contributed by atoms with van der Waals surface area (Å²) < 4.78 is 4.89. The van der Waals surface area contributed by atoms with Gasteiger partial charge in [-0.3, -0.25) is 0 Å². The second-order valence-electron chi connectivity index (χ2n) is 3.90. The molecule has 110 valence electrons. The first-order chi connectivity index (χ1) is 9.40. The zero-order valence-corrected chi connectivity index (χ0v) is 12.2. The molecule has 0 amide bonds. The highest BCUT2D eigenvalue weighted by molar-refractivity contribution is 8.00. The highest BCUT2D eigenvalue weighted by atomic mass is 32.2. The Hall–Kier alpha value is -1.83. The fourth-order valence-electron chi connectivity index (χ4n) is 1.52. The Morgan fingerprint density at radius 1 is 1.45 bits per heavy atom. The average molecular weight is 299 g/mol. The van der Waals surface area contributed by atoms with E-state index in [0.717, 1.165) is 11.8 Å². The largest absolute Gasteiger partial charge is 0.549 e. The highest BCUT2D eigenvalue weighted by Crippen LogP contribution is 2.27. The molecule has 0 spiro atoms. The zero-order valence-electron chi connectivity index (χ0n) is 11.4. The third-order valence-electron chi connectivity index (χ3n) is 2.45. The first-order valence-corrected chi connectivity index (χ1v) is 6.94. The molecule has 20 heavy (non-hydrogen) atoms. The number of carboxylic acid groups (broad SMARTS) is 1. The van der Waals surface area contributed by atoms with Crippen molar-refractivity contribution in [2.45, 2.75) is 37.5 Å². The van der Waals surface area contributed by atoms with Crippen molar-refractivity contribution in [1.29, 1.82) is 0 Å². The van der Waals surface area contributed by atoms with Gasteiger partial charge >= 0.3 is 11.7 Å². The number of aliphatic carboxylic acids is 1. The van der Waals surface area contributed by atoms with Crippen LogP contribution in [-0.4, -0.2) is 33.8 Å². The van der Waals surface area contributed by atoms with E-state index in [-0.39, 0.29) is 23.6 Å². The molecule has 0 aromatic carbocycles. The number of carbonyl (C=O) groups is 2. The van der Waals surface area contributed by atoms with Crippen LogP contribution in [0, 0.1) is 6.92 Å². The number of carboxylic acids is 1. The maximum atomic E-state index is 11.9. The van der Waals surface area contributed by atoms with Gasteiger partial charge in [0.05, 0.1) is 17.8 Å². The summed E-state index contributed by atoms with van der Waals surface area (Å²) in [6.07, 6.45) is 0.281. The summed E-state index contributed by atoms with van der Waals surface area (Å²) in [6.45, 7) is 5.01. The molecule has 0 bridgehead atoms. The van der Waals surface area contributed by atoms with Crippen molar-refractivity contribution in [3.05, 3.63) is 21.7 Å². The maximum Gasteiger partial charge on any atom is 0.346 e. The van der Waals surface area contributed by atoms with E-state index in [1.54, 1.807) is 13.8 Å². The van der Waals surface area contributed by atoms with Crippen LogP contribution in [0.1, 0.15) is 36.3 Å². The Labute approximate surface area is 119 Å². The van der Waals surface area contributed by atoms with Crippen molar-refractivity contribution < 1.29 is 19.4 Å². The highest BCUT2D eigenvalue weighted by Gasteiger charge is 2.22. The standard InChI is InChI=1S/C12H16N2O5S/c1-4-7(10(15)16)20-9-8(11(17)19-5-2)6(3)13-12(18)14-9/h7H,4-5H2,1-3H3,(H,15,16)(H,13,14,18)/p-1/t7-/m1/s1. The van der Waals surface area contributed by atoms with Crippen LogP contribution in [0.2, 0.25) is 0 Å². The van der Waals surface area contributed by atoms with Crippen molar-refractivity contribution in [2.75, 3.05) is 6.61 Å². The molecule has 0 aliphatic carbocycles. The van der Waals surface area contributed by atoms with Crippen molar-refractivity contribution in [2.24, 2.45) is 0 Å². The number of aromatic amines is 1. The SMILES string of the molecule is CCOC(=O)c1c(S[C@H](CC)C(=O)[O-])nc(=O)[nH]c1C. The van der Waals surface area contributed by atoms with E-state index in [4.69, 9.17) is 4.74 Å². The lowest BCUT2D eigenvalue weighted by atomic mass is 10.2. The summed E-state index contributed by atoms with van der Waals surface area (Å²) in [7, 11) is 0. The third kappa shape index (κ3) is 3.83. The van der Waals surface area contributed by atoms with Crippen LogP contribution in [0.3, 0.4) is 0 Å². The van der Waals surface area contributed by atoms with Crippen LogP contribution in [0.15, 0.2) is 9.82 Å². The van der Waals surface area contributed by atoms with Gasteiger partial charge in [-0.15, -0.1) is 0 Å². The Morgan fingerprint density at radius 3 is 2.60 bits per heavy atom. The molecule has 0 saturated heterocycles. The summed E-state index contributed by atoms with van der Waals surface area (Å²) in [6, 6.07) is 0. The van der Waals surface area contributed by atoms with Gasteiger partial charge < -0.3 is 19.6 Å². The maximum absolute atomic E-state index is 11.9. The van der Waals surface area contributed by atoms with Crippen molar-refractivity contribution in [1.82, 2.24) is 9.97 Å². The summed E-state index contributed by atoms with van der Waals surface area (Å²) in [5.41, 5.74) is -0.276. The quantitative estimate of drug-likeness (QED) is 0.442. The van der Waals surface area contributed by atoms with E-state index in [2.05, 4.69) is 9.97 Å². The zero-order chi connectivity index (χ0) is 15.3. The summed E-state index contributed by atoms with van der Waals surface area (Å²) in [4.78, 5) is 40.3. The van der Waals surface area contributed by atoms with Crippen LogP contribution in [0.25, 0.3) is 0 Å². The number of aromatic nitrogens is 2. The van der Waals surface area contributed by atoms with E-state index >= 15 is 0 Å². The van der Waals surface area contributed by atoms with Crippen LogP contribution in [-0.2, 0) is 9.53 Å². The minimum Gasteiger partial charge on any atom is -0.549 e. The Balaban J connectivity index is 3.26. The molecule has 0 unspecified atom stereocenters. The molecule has 0 radical (unpaired) electrons. The molecular weight excluding hydrogens is 284 g/mol. The van der Waals surface area contributed by atoms with Crippen molar-refractivity contribution >= 4 is 23.7 Å². The first-order valence-electron chi connectivity index (χ1n) is 6.06. The molecule has 0 aliphatic heterocycles. The number of hydrogen-bond donors (Lipinski definition) is 1. The summed E-state index contributed by atoms with van der Waals surface area (Å²) in [5.74, 6) is -1.92. The van der Waals surface area contributed by atoms with Crippen molar-refractivity contribution in [3.63, 3.8) is 0 Å². The normalized spacial score (nSPS) is 11.9. The minimum atomic E-state index is -1.27. The molecule has 1 heterocycles. The molecule has 1 aromatic rings. The van der Waals surface area contributed by atoms with Gasteiger partial charge in [-0.05, 0) is 20.3 Å². The fourth-order valence-corrected chi connectivity index (χ4v) is 2.54. The number of rotatable bonds is 6. The van der Waals surface area contributed by atoms with E-state index < -0.39 is 22.9 Å². The number of H-pyrrole nitrogens is 1. The van der Waals surface area contributed by atoms with Gasteiger partial charge in [0.25, 0.3) is 0 Å². The molecule has 1 N–H and O–H groups in total. The third-order valence-corrected chi connectivity index (χ3v) is 3.78. The average Bonchev–Trinajstić information content (AvgIpc) is 2.34. The predicted octanol–water partition coefficient (Wildman–Crippen LogP) is -0.124. The van der Waals surface area contributed by atoms with E-state index in [9.17, 15) is 19.5 Å². The number of hydrogen-bond acceptors (Lipinski definition) is 7. The van der Waals surface area contributed by atoms with Gasteiger partial charge in [0.15, 0.2) is 0 Å². The minimum absolute atomic E-state index is 0.0424. The van der Waals surface area contributed by atoms with Crippen LogP contribution in [0.5, 0.6) is 0 Å². The number of aryl methyl sites for hydroxylation is 1. The number of nitrogens with one attached hydrogen (secondary N) is 1. The Bertz CT molecular complexity index is 569. The predicted molar refractivity (Wildman–Crippen MR) is 70.5 cm³/mol. The van der Waals surface area contributed by atoms with Crippen LogP contribution < -0.4 is 10.8 Å². The Kier molecular flexibility index (Phi) is 5.75. The smallest absolute Gasteiger partial charge is 0.346 e. The lowest BCUT2D eigenvalue weighted by Gasteiger charge is -2.16. The second kappa shape index (κ2) is 7.09. The fraction of sp³-hybridized carbons (Fsp3) is 0.500. The van der Waals surface area contributed by atoms with Gasteiger partial charge in [0, 0.05) is 5.69 Å².